The summed E-state index contributed by atoms with van der Waals surface area (Å²) in [6, 6.07) is 0.514. The van der Waals surface area contributed by atoms with Crippen LogP contribution in [0.5, 0.6) is 0 Å². The number of likely N-dealkylation sites (tertiary alicyclic amines) is 1. The lowest BCUT2D eigenvalue weighted by molar-refractivity contribution is 0.275. The summed E-state index contributed by atoms with van der Waals surface area (Å²) < 4.78 is 0. The van der Waals surface area contributed by atoms with E-state index in [0.29, 0.717) is 6.04 Å². The zero-order valence-electron chi connectivity index (χ0n) is 14.8. The lowest BCUT2D eigenvalue weighted by Gasteiger charge is -2.21. The van der Waals surface area contributed by atoms with E-state index in [4.69, 9.17) is 0 Å². The van der Waals surface area contributed by atoms with E-state index < -0.39 is 0 Å². The van der Waals surface area contributed by atoms with Crippen molar-refractivity contribution in [2.24, 2.45) is 10.9 Å². The number of nitrogens with one attached hydrogen (secondary N) is 2. The van der Waals surface area contributed by atoms with E-state index in [1.54, 1.807) is 11.3 Å². The summed E-state index contributed by atoms with van der Waals surface area (Å²) in [4.78, 5) is 12.6. The van der Waals surface area contributed by atoms with Crippen molar-refractivity contribution >= 4 is 41.3 Å². The number of aliphatic imine (C=N–C) groups is 1. The SMILES string of the molecule is CN=C(NCc1ncc(C)s1)NC1CCN(CC2CCCC2)C1.I. The Morgan fingerprint density at radius 3 is 2.83 bits per heavy atom. The average molecular weight is 463 g/mol. The van der Waals surface area contributed by atoms with Crippen LogP contribution in [-0.2, 0) is 6.54 Å². The first-order valence-corrected chi connectivity index (χ1v) is 9.65. The molecule has 1 aromatic heterocycles. The van der Waals surface area contributed by atoms with Crippen LogP contribution in [0.2, 0.25) is 0 Å². The molecule has 2 N–H and O–H groups in total. The minimum absolute atomic E-state index is 0. The van der Waals surface area contributed by atoms with Crippen molar-refractivity contribution in [3.63, 3.8) is 0 Å². The fourth-order valence-electron chi connectivity index (χ4n) is 3.70. The van der Waals surface area contributed by atoms with Crippen molar-refractivity contribution in [2.75, 3.05) is 26.7 Å². The van der Waals surface area contributed by atoms with Crippen LogP contribution in [-0.4, -0.2) is 48.6 Å². The largest absolute Gasteiger partial charge is 0.352 e. The average Bonchev–Trinajstić information content (AvgIpc) is 3.27. The monoisotopic (exact) mass is 463 g/mol. The van der Waals surface area contributed by atoms with Gasteiger partial charge in [0.25, 0.3) is 0 Å². The zero-order chi connectivity index (χ0) is 16.1. The first kappa shape index (κ1) is 19.9. The predicted molar refractivity (Wildman–Crippen MR) is 112 cm³/mol. The van der Waals surface area contributed by atoms with E-state index in [0.717, 1.165) is 30.0 Å². The van der Waals surface area contributed by atoms with E-state index >= 15 is 0 Å². The first-order valence-electron chi connectivity index (χ1n) is 8.84. The molecule has 24 heavy (non-hydrogen) atoms. The molecule has 5 nitrogen and oxygen atoms in total. The van der Waals surface area contributed by atoms with Gasteiger partial charge in [-0.15, -0.1) is 35.3 Å². The summed E-state index contributed by atoms with van der Waals surface area (Å²) in [6.07, 6.45) is 8.88. The normalized spacial score (nSPS) is 22.6. The quantitative estimate of drug-likeness (QED) is 0.401. The van der Waals surface area contributed by atoms with Crippen molar-refractivity contribution < 1.29 is 0 Å². The summed E-state index contributed by atoms with van der Waals surface area (Å²) in [7, 11) is 1.84. The topological polar surface area (TPSA) is 52.6 Å². The lowest BCUT2D eigenvalue weighted by atomic mass is 10.1. The highest BCUT2D eigenvalue weighted by Gasteiger charge is 2.26. The smallest absolute Gasteiger partial charge is 0.191 e. The van der Waals surface area contributed by atoms with Crippen LogP contribution in [0.25, 0.3) is 0 Å². The zero-order valence-corrected chi connectivity index (χ0v) is 17.9. The minimum Gasteiger partial charge on any atom is -0.352 e. The van der Waals surface area contributed by atoms with E-state index in [2.05, 4.69) is 32.4 Å². The molecule has 136 valence electrons. The van der Waals surface area contributed by atoms with Gasteiger partial charge in [-0.05, 0) is 32.1 Å². The van der Waals surface area contributed by atoms with Gasteiger partial charge in [0, 0.05) is 43.8 Å². The van der Waals surface area contributed by atoms with Gasteiger partial charge in [0.1, 0.15) is 5.01 Å². The highest BCUT2D eigenvalue weighted by Crippen LogP contribution is 2.26. The molecule has 0 aromatic carbocycles. The molecule has 7 heteroatoms. The summed E-state index contributed by atoms with van der Waals surface area (Å²) in [5, 5.41) is 8.06. The number of nitrogens with zero attached hydrogens (tertiary/aromatic N) is 3. The van der Waals surface area contributed by atoms with Gasteiger partial charge in [-0.1, -0.05) is 12.8 Å². The van der Waals surface area contributed by atoms with Crippen LogP contribution in [0.1, 0.15) is 42.0 Å². The van der Waals surface area contributed by atoms with Gasteiger partial charge in [-0.3, -0.25) is 4.99 Å². The van der Waals surface area contributed by atoms with Crippen molar-refractivity contribution in [3.05, 3.63) is 16.1 Å². The summed E-state index contributed by atoms with van der Waals surface area (Å²) in [5.41, 5.74) is 0. The number of hydrogen-bond acceptors (Lipinski definition) is 4. The molecule has 1 atom stereocenters. The Balaban J connectivity index is 0.00000208. The second-order valence-corrected chi connectivity index (χ2v) is 8.15. The van der Waals surface area contributed by atoms with E-state index in [9.17, 15) is 0 Å². The molecule has 0 amide bonds. The molecular formula is C17H30IN5S. The van der Waals surface area contributed by atoms with Gasteiger partial charge in [-0.2, -0.15) is 0 Å². The van der Waals surface area contributed by atoms with Gasteiger partial charge in [-0.25, -0.2) is 4.98 Å². The molecule has 2 fully saturated rings. The van der Waals surface area contributed by atoms with Crippen molar-refractivity contribution in [1.29, 1.82) is 0 Å². The number of halogens is 1. The number of guanidine groups is 1. The van der Waals surface area contributed by atoms with Crippen LogP contribution in [0, 0.1) is 12.8 Å². The second kappa shape index (κ2) is 9.91. The molecule has 0 radical (unpaired) electrons. The van der Waals surface area contributed by atoms with E-state index in [1.165, 1.54) is 50.1 Å². The summed E-state index contributed by atoms with van der Waals surface area (Å²) in [6.45, 7) is 6.50. The van der Waals surface area contributed by atoms with Crippen LogP contribution in [0.15, 0.2) is 11.2 Å². The Morgan fingerprint density at radius 2 is 2.17 bits per heavy atom. The maximum absolute atomic E-state index is 4.39. The molecular weight excluding hydrogens is 433 g/mol. The molecule has 1 saturated carbocycles. The molecule has 3 rings (SSSR count). The third kappa shape index (κ3) is 5.84. The Morgan fingerprint density at radius 1 is 1.38 bits per heavy atom. The van der Waals surface area contributed by atoms with Crippen LogP contribution in [0.4, 0.5) is 0 Å². The number of rotatable bonds is 5. The maximum atomic E-state index is 4.39. The molecule has 0 spiro atoms. The molecule has 1 unspecified atom stereocenters. The molecule has 1 aromatic rings. The standard InChI is InChI=1S/C17H29N5S.HI/c1-13-9-19-16(23-13)10-20-17(18-2)21-15-7-8-22(12-15)11-14-5-3-4-6-14;/h9,14-15H,3-8,10-12H2,1-2H3,(H2,18,20,21);1H. The Kier molecular flexibility index (Phi) is 8.22. The van der Waals surface area contributed by atoms with E-state index in [-0.39, 0.29) is 24.0 Å². The maximum Gasteiger partial charge on any atom is 0.191 e. The lowest BCUT2D eigenvalue weighted by Crippen LogP contribution is -2.44. The fourth-order valence-corrected chi connectivity index (χ4v) is 4.43. The molecule has 1 aliphatic carbocycles. The minimum atomic E-state index is 0. The number of thiazole rings is 1. The summed E-state index contributed by atoms with van der Waals surface area (Å²) >= 11 is 1.74. The molecule has 2 heterocycles. The Hall–Kier alpha value is -0.410. The molecule has 0 bridgehead atoms. The molecule has 2 aliphatic rings. The van der Waals surface area contributed by atoms with Gasteiger partial charge in [0.15, 0.2) is 5.96 Å². The van der Waals surface area contributed by atoms with Crippen LogP contribution >= 0.6 is 35.3 Å². The van der Waals surface area contributed by atoms with Crippen LogP contribution in [0.3, 0.4) is 0 Å². The third-order valence-corrected chi connectivity index (χ3v) is 5.82. The van der Waals surface area contributed by atoms with Gasteiger partial charge in [0.2, 0.25) is 0 Å². The number of aromatic nitrogens is 1. The third-order valence-electron chi connectivity index (χ3n) is 4.90. The first-order chi connectivity index (χ1) is 11.2. The predicted octanol–water partition coefficient (Wildman–Crippen LogP) is 3.00. The highest BCUT2D eigenvalue weighted by atomic mass is 127. The Bertz CT molecular complexity index is 527. The van der Waals surface area contributed by atoms with Crippen molar-refractivity contribution in [2.45, 2.75) is 51.6 Å². The molecule has 1 saturated heterocycles. The fraction of sp³-hybridized carbons (Fsp3) is 0.765. The highest BCUT2D eigenvalue weighted by molar-refractivity contribution is 14.0. The Labute approximate surface area is 166 Å². The second-order valence-electron chi connectivity index (χ2n) is 6.83. The van der Waals surface area contributed by atoms with Gasteiger partial charge < -0.3 is 15.5 Å². The van der Waals surface area contributed by atoms with Gasteiger partial charge in [0.05, 0.1) is 6.54 Å². The van der Waals surface area contributed by atoms with Crippen molar-refractivity contribution in [3.8, 4) is 0 Å². The van der Waals surface area contributed by atoms with Crippen molar-refractivity contribution in [1.82, 2.24) is 20.5 Å². The van der Waals surface area contributed by atoms with E-state index in [1.807, 2.05) is 13.2 Å². The number of aryl methyl sites for hydroxylation is 1. The summed E-state index contributed by atoms with van der Waals surface area (Å²) in [5.74, 6) is 1.84. The van der Waals surface area contributed by atoms with Crippen LogP contribution < -0.4 is 10.6 Å². The van der Waals surface area contributed by atoms with Gasteiger partial charge >= 0.3 is 0 Å². The number of hydrogen-bond donors (Lipinski definition) is 2. The molecule has 1 aliphatic heterocycles.